The normalized spacial score (nSPS) is 16.2. The predicted molar refractivity (Wildman–Crippen MR) is 111 cm³/mol. The number of carbonyl (C=O) groups excluding carboxylic acids is 1. The molecular formula is C20H23ClN2O5S. The minimum Gasteiger partial charge on any atom is -0.481 e. The molecule has 2 aromatic carbocycles. The van der Waals surface area contributed by atoms with E-state index in [4.69, 9.17) is 21.1 Å². The Labute approximate surface area is 175 Å². The molecule has 9 heteroatoms. The zero-order valence-electron chi connectivity index (χ0n) is 16.2. The molecule has 1 atom stereocenters. The Bertz CT molecular complexity index is 973. The molecule has 0 radical (unpaired) electrons. The number of aryl methyl sites for hydroxylation is 1. The maximum absolute atomic E-state index is 12.9. The molecule has 1 aliphatic heterocycles. The van der Waals surface area contributed by atoms with E-state index in [1.54, 1.807) is 25.1 Å². The Balaban J connectivity index is 1.73. The van der Waals surface area contributed by atoms with E-state index in [-0.39, 0.29) is 23.0 Å². The van der Waals surface area contributed by atoms with Gasteiger partial charge in [-0.25, -0.2) is 8.42 Å². The summed E-state index contributed by atoms with van der Waals surface area (Å²) in [5, 5.41) is 2.78. The first-order valence-electron chi connectivity index (χ1n) is 9.19. The smallest absolute Gasteiger partial charge is 0.265 e. The van der Waals surface area contributed by atoms with Crippen LogP contribution in [-0.2, 0) is 19.6 Å². The van der Waals surface area contributed by atoms with Crippen molar-refractivity contribution in [1.82, 2.24) is 4.31 Å². The summed E-state index contributed by atoms with van der Waals surface area (Å²) < 4.78 is 38.0. The zero-order chi connectivity index (χ0) is 21.0. The van der Waals surface area contributed by atoms with E-state index in [9.17, 15) is 13.2 Å². The van der Waals surface area contributed by atoms with Crippen molar-refractivity contribution in [3.8, 4) is 5.75 Å². The lowest BCUT2D eigenvalue weighted by Gasteiger charge is -2.26. The maximum Gasteiger partial charge on any atom is 0.265 e. The molecule has 1 fully saturated rings. The van der Waals surface area contributed by atoms with Gasteiger partial charge in [0.1, 0.15) is 10.6 Å². The van der Waals surface area contributed by atoms with Gasteiger partial charge in [-0.2, -0.15) is 4.31 Å². The van der Waals surface area contributed by atoms with Gasteiger partial charge < -0.3 is 14.8 Å². The molecule has 3 rings (SSSR count). The number of ether oxygens (including phenoxy) is 2. The van der Waals surface area contributed by atoms with Gasteiger partial charge in [-0.05, 0) is 44.2 Å². The number of sulfonamides is 1. The first-order valence-corrected chi connectivity index (χ1v) is 11.0. The molecule has 0 aliphatic carbocycles. The van der Waals surface area contributed by atoms with Gasteiger partial charge in [-0.15, -0.1) is 0 Å². The van der Waals surface area contributed by atoms with E-state index < -0.39 is 22.0 Å². The molecule has 1 saturated heterocycles. The summed E-state index contributed by atoms with van der Waals surface area (Å²) in [6, 6.07) is 11.7. The number of anilines is 1. The fraction of sp³-hybridized carbons (Fsp3) is 0.350. The third-order valence-corrected chi connectivity index (χ3v) is 6.87. The predicted octanol–water partition coefficient (Wildman–Crippen LogP) is 3.08. The van der Waals surface area contributed by atoms with Crippen molar-refractivity contribution < 1.29 is 22.7 Å². The Morgan fingerprint density at radius 1 is 1.17 bits per heavy atom. The average molecular weight is 439 g/mol. The summed E-state index contributed by atoms with van der Waals surface area (Å²) in [6.07, 6.45) is -0.771. The molecule has 0 unspecified atom stereocenters. The summed E-state index contributed by atoms with van der Waals surface area (Å²) in [5.74, 6) is 0.174. The third-order valence-electron chi connectivity index (χ3n) is 4.49. The van der Waals surface area contributed by atoms with Gasteiger partial charge in [0.15, 0.2) is 6.10 Å². The van der Waals surface area contributed by atoms with Crippen LogP contribution in [0.4, 0.5) is 5.69 Å². The van der Waals surface area contributed by atoms with Crippen molar-refractivity contribution in [2.45, 2.75) is 24.8 Å². The third kappa shape index (κ3) is 5.27. The minimum absolute atomic E-state index is 0.0500. The second-order valence-corrected chi connectivity index (χ2v) is 9.04. The summed E-state index contributed by atoms with van der Waals surface area (Å²) in [6.45, 7) is 4.77. The lowest BCUT2D eigenvalue weighted by molar-refractivity contribution is -0.122. The second kappa shape index (κ2) is 9.13. The highest BCUT2D eigenvalue weighted by Gasteiger charge is 2.29. The number of benzene rings is 2. The molecule has 0 bridgehead atoms. The number of hydrogen-bond acceptors (Lipinski definition) is 5. The van der Waals surface area contributed by atoms with Crippen molar-refractivity contribution >= 4 is 33.2 Å². The van der Waals surface area contributed by atoms with Gasteiger partial charge >= 0.3 is 0 Å². The Morgan fingerprint density at radius 3 is 2.48 bits per heavy atom. The molecule has 0 spiro atoms. The van der Waals surface area contributed by atoms with E-state index in [0.29, 0.717) is 24.7 Å². The summed E-state index contributed by atoms with van der Waals surface area (Å²) in [7, 11) is -3.79. The van der Waals surface area contributed by atoms with Gasteiger partial charge in [0.2, 0.25) is 10.0 Å². The van der Waals surface area contributed by atoms with E-state index >= 15 is 0 Å². The number of hydrogen-bond donors (Lipinski definition) is 1. The van der Waals surface area contributed by atoms with Crippen LogP contribution in [0.15, 0.2) is 47.4 Å². The number of nitrogens with one attached hydrogen (secondary N) is 1. The number of amides is 1. The number of halogens is 1. The van der Waals surface area contributed by atoms with Crippen LogP contribution in [0.25, 0.3) is 0 Å². The van der Waals surface area contributed by atoms with Crippen LogP contribution in [0.5, 0.6) is 5.75 Å². The van der Waals surface area contributed by atoms with Crippen LogP contribution in [0.2, 0.25) is 5.02 Å². The molecule has 1 amide bonds. The number of morpholine rings is 1. The molecule has 2 aromatic rings. The molecule has 0 saturated carbocycles. The van der Waals surface area contributed by atoms with Crippen LogP contribution >= 0.6 is 11.6 Å². The summed E-state index contributed by atoms with van der Waals surface area (Å²) in [4.78, 5) is 12.4. The van der Waals surface area contributed by atoms with E-state index in [1.165, 1.54) is 16.4 Å². The summed E-state index contributed by atoms with van der Waals surface area (Å²) in [5.41, 5.74) is 1.41. The standard InChI is InChI=1S/C20H23ClN2O5S/c1-14-3-6-17(7-4-14)28-15(2)20(24)22-16-5-8-18(21)19(13-16)29(25,26)23-9-11-27-12-10-23/h3-8,13,15H,9-12H2,1-2H3,(H,22,24)/t15-/m0/s1. The molecular weight excluding hydrogens is 416 g/mol. The molecule has 156 valence electrons. The largest absolute Gasteiger partial charge is 0.481 e. The lowest BCUT2D eigenvalue weighted by atomic mass is 10.2. The fourth-order valence-corrected chi connectivity index (χ4v) is 4.73. The first-order chi connectivity index (χ1) is 13.8. The number of nitrogens with zero attached hydrogens (tertiary/aromatic N) is 1. The zero-order valence-corrected chi connectivity index (χ0v) is 17.8. The highest BCUT2D eigenvalue weighted by Crippen LogP contribution is 2.28. The Hall–Kier alpha value is -2.13. The van der Waals surface area contributed by atoms with Crippen molar-refractivity contribution in [2.75, 3.05) is 31.6 Å². The fourth-order valence-electron chi connectivity index (χ4n) is 2.82. The van der Waals surface area contributed by atoms with Crippen molar-refractivity contribution in [1.29, 1.82) is 0 Å². The maximum atomic E-state index is 12.9. The first kappa shape index (κ1) is 21.6. The van der Waals surface area contributed by atoms with E-state index in [2.05, 4.69) is 5.32 Å². The van der Waals surface area contributed by atoms with Gasteiger partial charge in [0.25, 0.3) is 5.91 Å². The van der Waals surface area contributed by atoms with Crippen molar-refractivity contribution in [3.63, 3.8) is 0 Å². The second-order valence-electron chi connectivity index (χ2n) is 6.72. The van der Waals surface area contributed by atoms with Crippen LogP contribution in [-0.4, -0.2) is 51.0 Å². The molecule has 1 heterocycles. The molecule has 29 heavy (non-hydrogen) atoms. The van der Waals surface area contributed by atoms with E-state index in [1.807, 2.05) is 19.1 Å². The molecule has 0 aromatic heterocycles. The minimum atomic E-state index is -3.79. The van der Waals surface area contributed by atoms with Crippen LogP contribution in [0, 0.1) is 6.92 Å². The highest BCUT2D eigenvalue weighted by molar-refractivity contribution is 7.89. The average Bonchev–Trinajstić information content (AvgIpc) is 2.71. The summed E-state index contributed by atoms with van der Waals surface area (Å²) >= 11 is 6.14. The SMILES string of the molecule is Cc1ccc(O[C@@H](C)C(=O)Nc2ccc(Cl)c(S(=O)(=O)N3CCOCC3)c2)cc1. The lowest BCUT2D eigenvalue weighted by Crippen LogP contribution is -2.40. The van der Waals surface area contributed by atoms with E-state index in [0.717, 1.165) is 5.56 Å². The van der Waals surface area contributed by atoms with Gasteiger partial charge in [-0.1, -0.05) is 29.3 Å². The van der Waals surface area contributed by atoms with Gasteiger partial charge in [0.05, 0.1) is 18.2 Å². The van der Waals surface area contributed by atoms with Crippen LogP contribution in [0.1, 0.15) is 12.5 Å². The molecule has 7 nitrogen and oxygen atoms in total. The van der Waals surface area contributed by atoms with Crippen molar-refractivity contribution in [3.05, 3.63) is 53.1 Å². The Morgan fingerprint density at radius 2 is 1.83 bits per heavy atom. The quantitative estimate of drug-likeness (QED) is 0.749. The highest BCUT2D eigenvalue weighted by atomic mass is 35.5. The van der Waals surface area contributed by atoms with Gasteiger partial charge in [0, 0.05) is 18.8 Å². The van der Waals surface area contributed by atoms with Crippen LogP contribution < -0.4 is 10.1 Å². The molecule has 1 N–H and O–H groups in total. The monoisotopic (exact) mass is 438 g/mol. The van der Waals surface area contributed by atoms with Crippen molar-refractivity contribution in [2.24, 2.45) is 0 Å². The topological polar surface area (TPSA) is 84.9 Å². The Kier molecular flexibility index (Phi) is 6.79. The van der Waals surface area contributed by atoms with Gasteiger partial charge in [-0.3, -0.25) is 4.79 Å². The number of carbonyl (C=O) groups is 1. The number of rotatable bonds is 6. The molecule has 1 aliphatic rings. The van der Waals surface area contributed by atoms with Crippen LogP contribution in [0.3, 0.4) is 0 Å².